The number of hydrogen-bond donors (Lipinski definition) is 1. The molecule has 7 heteroatoms. The number of piperidine rings is 1. The Balaban J connectivity index is 1.54. The van der Waals surface area contributed by atoms with Crippen molar-refractivity contribution in [3.63, 3.8) is 0 Å². The predicted molar refractivity (Wildman–Crippen MR) is 145 cm³/mol. The summed E-state index contributed by atoms with van der Waals surface area (Å²) < 4.78 is 34.6. The van der Waals surface area contributed by atoms with Gasteiger partial charge in [-0.3, -0.25) is 0 Å². The fourth-order valence-corrected chi connectivity index (χ4v) is 6.22. The summed E-state index contributed by atoms with van der Waals surface area (Å²) in [5.74, 6) is -0.164. The van der Waals surface area contributed by atoms with Crippen molar-refractivity contribution in [1.29, 1.82) is 0 Å². The van der Waals surface area contributed by atoms with Crippen molar-refractivity contribution in [2.45, 2.75) is 62.9 Å². The second-order valence-corrected chi connectivity index (χ2v) is 12.4. The van der Waals surface area contributed by atoms with E-state index in [0.29, 0.717) is 29.7 Å². The third kappa shape index (κ3) is 6.05. The van der Waals surface area contributed by atoms with Gasteiger partial charge in [-0.15, -0.1) is 0 Å². The van der Waals surface area contributed by atoms with E-state index >= 15 is 0 Å². The van der Waals surface area contributed by atoms with Crippen LogP contribution >= 0.6 is 0 Å². The average Bonchev–Trinajstić information content (AvgIpc) is 2.88. The highest BCUT2D eigenvalue weighted by molar-refractivity contribution is 7.89. The molecule has 1 atom stereocenters. The fourth-order valence-electron chi connectivity index (χ4n) is 4.65. The number of sulfonamides is 1. The first-order valence-corrected chi connectivity index (χ1v) is 14.1. The molecular weight excluding hydrogens is 486 g/mol. The van der Waals surface area contributed by atoms with E-state index in [2.05, 4.69) is 26.0 Å². The molecule has 3 aromatic carbocycles. The molecular formula is C30H35NO5S. The fraction of sp³-hybridized carbons (Fsp3) is 0.367. The molecule has 1 heterocycles. The maximum atomic E-state index is 13.7. The summed E-state index contributed by atoms with van der Waals surface area (Å²) in [5.41, 5.74) is 2.68. The zero-order valence-electron chi connectivity index (χ0n) is 21.8. The van der Waals surface area contributed by atoms with Crippen molar-refractivity contribution in [3.8, 4) is 16.9 Å². The SMILES string of the molecule is CC(C)c1ccc(-c2cccc(S(=O)(=O)N3CCCC(c4cccc(OC(C)(C)C(=O)O)c4)C3)c2)cc1. The van der Waals surface area contributed by atoms with Gasteiger partial charge in [-0.25, -0.2) is 13.2 Å². The molecule has 1 N–H and O–H groups in total. The number of rotatable bonds is 8. The average molecular weight is 522 g/mol. The Morgan fingerprint density at radius 1 is 1.00 bits per heavy atom. The number of carbonyl (C=O) groups is 1. The minimum atomic E-state index is -3.68. The summed E-state index contributed by atoms with van der Waals surface area (Å²) in [6.07, 6.45) is 1.59. The summed E-state index contributed by atoms with van der Waals surface area (Å²) in [4.78, 5) is 11.7. The zero-order valence-corrected chi connectivity index (χ0v) is 22.7. The highest BCUT2D eigenvalue weighted by Gasteiger charge is 2.32. The van der Waals surface area contributed by atoms with Gasteiger partial charge < -0.3 is 9.84 Å². The van der Waals surface area contributed by atoms with E-state index < -0.39 is 21.6 Å². The van der Waals surface area contributed by atoms with Gasteiger partial charge in [-0.05, 0) is 85.0 Å². The smallest absolute Gasteiger partial charge is 0.347 e. The van der Waals surface area contributed by atoms with E-state index in [0.717, 1.165) is 29.5 Å². The summed E-state index contributed by atoms with van der Waals surface area (Å²) in [7, 11) is -3.68. The van der Waals surface area contributed by atoms with Crippen LogP contribution in [0.4, 0.5) is 0 Å². The summed E-state index contributed by atoms with van der Waals surface area (Å²) >= 11 is 0. The minimum absolute atomic E-state index is 0.00762. The van der Waals surface area contributed by atoms with E-state index in [-0.39, 0.29) is 5.92 Å². The van der Waals surface area contributed by atoms with Gasteiger partial charge in [-0.2, -0.15) is 4.31 Å². The monoisotopic (exact) mass is 521 g/mol. The molecule has 0 amide bonds. The van der Waals surface area contributed by atoms with Crippen LogP contribution in [0.3, 0.4) is 0 Å². The van der Waals surface area contributed by atoms with Gasteiger partial charge in [0.1, 0.15) is 5.75 Å². The molecule has 0 bridgehead atoms. The maximum absolute atomic E-state index is 13.7. The first-order chi connectivity index (χ1) is 17.5. The number of nitrogens with zero attached hydrogens (tertiary/aromatic N) is 1. The van der Waals surface area contributed by atoms with Crippen LogP contribution in [0.15, 0.2) is 77.7 Å². The van der Waals surface area contributed by atoms with Crippen LogP contribution in [0, 0.1) is 0 Å². The van der Waals surface area contributed by atoms with Gasteiger partial charge >= 0.3 is 5.97 Å². The Bertz CT molecular complexity index is 1360. The summed E-state index contributed by atoms with van der Waals surface area (Å²) in [6.45, 7) is 8.13. The van der Waals surface area contributed by atoms with Crippen LogP contribution in [0.25, 0.3) is 11.1 Å². The van der Waals surface area contributed by atoms with Gasteiger partial charge in [0.05, 0.1) is 4.90 Å². The Morgan fingerprint density at radius 2 is 1.70 bits per heavy atom. The minimum Gasteiger partial charge on any atom is -0.478 e. The quantitative estimate of drug-likeness (QED) is 0.377. The Morgan fingerprint density at radius 3 is 2.38 bits per heavy atom. The largest absolute Gasteiger partial charge is 0.478 e. The molecule has 1 aliphatic rings. The topological polar surface area (TPSA) is 83.9 Å². The second-order valence-electron chi connectivity index (χ2n) is 10.5. The Kier molecular flexibility index (Phi) is 7.76. The lowest BCUT2D eigenvalue weighted by Crippen LogP contribution is -2.39. The van der Waals surface area contributed by atoms with Crippen molar-refractivity contribution in [2.24, 2.45) is 0 Å². The molecule has 0 aliphatic carbocycles. The number of hydrogen-bond acceptors (Lipinski definition) is 4. The number of carboxylic acid groups (broad SMARTS) is 1. The zero-order chi connectivity index (χ0) is 26.8. The lowest BCUT2D eigenvalue weighted by molar-refractivity contribution is -0.152. The van der Waals surface area contributed by atoms with Gasteiger partial charge in [-0.1, -0.05) is 62.4 Å². The van der Waals surface area contributed by atoms with Gasteiger partial charge in [0, 0.05) is 13.1 Å². The first-order valence-electron chi connectivity index (χ1n) is 12.7. The molecule has 6 nitrogen and oxygen atoms in total. The van der Waals surface area contributed by atoms with E-state index in [4.69, 9.17) is 4.74 Å². The molecule has 1 fully saturated rings. The van der Waals surface area contributed by atoms with Crippen LogP contribution in [-0.2, 0) is 14.8 Å². The van der Waals surface area contributed by atoms with Crippen molar-refractivity contribution >= 4 is 16.0 Å². The number of carboxylic acids is 1. The third-order valence-corrected chi connectivity index (χ3v) is 8.85. The lowest BCUT2D eigenvalue weighted by Gasteiger charge is -2.32. The molecule has 0 saturated carbocycles. The highest BCUT2D eigenvalue weighted by atomic mass is 32.2. The Labute approximate surface area is 220 Å². The number of benzene rings is 3. The normalized spacial score (nSPS) is 17.1. The molecule has 3 aromatic rings. The predicted octanol–water partition coefficient (Wildman–Crippen LogP) is 6.29. The van der Waals surface area contributed by atoms with Crippen LogP contribution in [0.1, 0.15) is 63.5 Å². The molecule has 1 unspecified atom stereocenters. The molecule has 1 saturated heterocycles. The van der Waals surface area contributed by atoms with Gasteiger partial charge in [0.15, 0.2) is 5.60 Å². The third-order valence-electron chi connectivity index (χ3n) is 6.98. The molecule has 196 valence electrons. The van der Waals surface area contributed by atoms with Crippen LogP contribution in [-0.4, -0.2) is 42.5 Å². The van der Waals surface area contributed by atoms with Crippen LogP contribution in [0.2, 0.25) is 0 Å². The molecule has 4 rings (SSSR count). The van der Waals surface area contributed by atoms with Crippen molar-refractivity contribution < 1.29 is 23.1 Å². The van der Waals surface area contributed by atoms with Crippen molar-refractivity contribution in [1.82, 2.24) is 4.31 Å². The second kappa shape index (κ2) is 10.7. The number of aliphatic carboxylic acids is 1. The maximum Gasteiger partial charge on any atom is 0.347 e. The number of ether oxygens (including phenoxy) is 1. The molecule has 0 radical (unpaired) electrons. The standard InChI is InChI=1S/C30H35NO5S/c1-21(2)22-13-15-23(16-14-22)25-9-6-12-28(19-25)37(34,35)31-17-7-10-26(20-31)24-8-5-11-27(18-24)36-30(3,4)29(32)33/h5-6,8-9,11-16,18-19,21,26H,7,10,17,20H2,1-4H3,(H,32,33). The van der Waals surface area contributed by atoms with Crippen LogP contribution in [0.5, 0.6) is 5.75 Å². The molecule has 0 aromatic heterocycles. The van der Waals surface area contributed by atoms with Crippen molar-refractivity contribution in [2.75, 3.05) is 13.1 Å². The van der Waals surface area contributed by atoms with E-state index in [1.165, 1.54) is 19.4 Å². The Hall–Kier alpha value is -3.16. The van der Waals surface area contributed by atoms with Gasteiger partial charge in [0.25, 0.3) is 0 Å². The summed E-state index contributed by atoms with van der Waals surface area (Å²) in [5, 5.41) is 9.38. The molecule has 0 spiro atoms. The van der Waals surface area contributed by atoms with Gasteiger partial charge in [0.2, 0.25) is 10.0 Å². The summed E-state index contributed by atoms with van der Waals surface area (Å²) in [6, 6.07) is 22.7. The van der Waals surface area contributed by atoms with Crippen molar-refractivity contribution in [3.05, 3.63) is 83.9 Å². The van der Waals surface area contributed by atoms with E-state index in [1.54, 1.807) is 28.6 Å². The molecule has 1 aliphatic heterocycles. The first kappa shape index (κ1) is 26.9. The molecule has 37 heavy (non-hydrogen) atoms. The van der Waals surface area contributed by atoms with E-state index in [1.807, 2.05) is 36.4 Å². The lowest BCUT2D eigenvalue weighted by atomic mass is 9.91. The van der Waals surface area contributed by atoms with E-state index in [9.17, 15) is 18.3 Å². The van der Waals surface area contributed by atoms with Crippen LogP contribution < -0.4 is 4.74 Å². The highest BCUT2D eigenvalue weighted by Crippen LogP contribution is 2.33.